The van der Waals surface area contributed by atoms with Gasteiger partial charge in [-0.25, -0.2) is 24.5 Å². The van der Waals surface area contributed by atoms with Crippen LogP contribution in [0.1, 0.15) is 89.4 Å². The molecule has 4 amide bonds. The van der Waals surface area contributed by atoms with Crippen molar-refractivity contribution in [2.24, 2.45) is 5.92 Å². The Morgan fingerprint density at radius 1 is 0.746 bits per heavy atom. The van der Waals surface area contributed by atoms with Gasteiger partial charge in [0.1, 0.15) is 23.7 Å². The molecule has 0 saturated carbocycles. The number of alkyl carbamates (subject to hydrolysis) is 2. The van der Waals surface area contributed by atoms with Crippen LogP contribution in [0.2, 0.25) is 0 Å². The van der Waals surface area contributed by atoms with Crippen molar-refractivity contribution in [2.45, 2.75) is 89.9 Å². The summed E-state index contributed by atoms with van der Waals surface area (Å²) in [6, 6.07) is 12.1. The smallest absolute Gasteiger partial charge is 0.407 e. The number of carbonyl (C=O) groups is 4. The molecule has 0 bridgehead atoms. The number of nitrogens with zero attached hydrogens (tertiary/aromatic N) is 6. The Hall–Kier alpha value is -6.32. The number of methoxy groups -OCH3 is 2. The van der Waals surface area contributed by atoms with E-state index in [2.05, 4.69) is 37.5 Å². The molecular formula is C43H52N10O6. The molecule has 5 heterocycles. The molecule has 0 spiro atoms. The zero-order valence-corrected chi connectivity index (χ0v) is 34.2. The third kappa shape index (κ3) is 8.91. The van der Waals surface area contributed by atoms with E-state index in [1.807, 2.05) is 61.2 Å². The Morgan fingerprint density at radius 3 is 1.93 bits per heavy atom. The lowest BCUT2D eigenvalue weighted by Crippen LogP contribution is -2.51. The number of H-pyrrole nitrogens is 2. The van der Waals surface area contributed by atoms with Crippen molar-refractivity contribution in [1.29, 1.82) is 0 Å². The van der Waals surface area contributed by atoms with Gasteiger partial charge in [-0.15, -0.1) is 0 Å². The maximum absolute atomic E-state index is 13.6. The number of amides is 4. The minimum atomic E-state index is -0.697. The number of nitrogens with one attached hydrogen (secondary N) is 4. The number of aromatic amines is 2. The van der Waals surface area contributed by atoms with E-state index in [9.17, 15) is 19.2 Å². The van der Waals surface area contributed by atoms with Crippen LogP contribution in [-0.4, -0.2) is 103 Å². The van der Waals surface area contributed by atoms with Gasteiger partial charge in [-0.05, 0) is 55.7 Å². The topological polar surface area (TPSA) is 200 Å². The second kappa shape index (κ2) is 18.1. The zero-order valence-electron chi connectivity index (χ0n) is 34.2. The molecule has 59 heavy (non-hydrogen) atoms. The van der Waals surface area contributed by atoms with Gasteiger partial charge in [0.15, 0.2) is 0 Å². The van der Waals surface area contributed by atoms with E-state index in [-0.39, 0.29) is 29.8 Å². The van der Waals surface area contributed by atoms with Crippen LogP contribution >= 0.6 is 0 Å². The first-order chi connectivity index (χ1) is 28.6. The van der Waals surface area contributed by atoms with Gasteiger partial charge in [0.2, 0.25) is 11.8 Å². The zero-order chi connectivity index (χ0) is 41.6. The van der Waals surface area contributed by atoms with Crippen molar-refractivity contribution in [1.82, 2.24) is 50.3 Å². The molecule has 4 N–H and O–H groups in total. The molecule has 0 unspecified atom stereocenters. The van der Waals surface area contributed by atoms with E-state index in [1.54, 1.807) is 23.5 Å². The number of ether oxygens (including phenoxy) is 2. The highest BCUT2D eigenvalue weighted by molar-refractivity contribution is 5.87. The van der Waals surface area contributed by atoms with Crippen LogP contribution in [0, 0.1) is 5.92 Å². The van der Waals surface area contributed by atoms with Gasteiger partial charge in [0.05, 0.1) is 73.0 Å². The summed E-state index contributed by atoms with van der Waals surface area (Å²) in [5.41, 5.74) is 6.59. The Balaban J connectivity index is 1.02. The quantitative estimate of drug-likeness (QED) is 0.0993. The number of imidazole rings is 2. The largest absolute Gasteiger partial charge is 0.453 e. The maximum atomic E-state index is 13.6. The number of aromatic nitrogens is 6. The molecule has 2 aliphatic heterocycles. The van der Waals surface area contributed by atoms with E-state index in [0.717, 1.165) is 83.3 Å². The number of hydrogen-bond acceptors (Lipinski definition) is 10. The summed E-state index contributed by atoms with van der Waals surface area (Å²) < 4.78 is 9.54. The molecule has 3 aromatic heterocycles. The fourth-order valence-corrected chi connectivity index (χ4v) is 8.02. The number of unbranched alkanes of at least 4 members (excludes halogenated alkanes) is 1. The molecule has 2 fully saturated rings. The predicted octanol–water partition coefficient (Wildman–Crippen LogP) is 6.70. The van der Waals surface area contributed by atoms with E-state index < -0.39 is 24.3 Å². The number of benzene rings is 2. The summed E-state index contributed by atoms with van der Waals surface area (Å²) in [5, 5.41) is 5.42. The number of carbonyl (C=O) groups excluding carboxylic acids is 4. The molecule has 16 nitrogen and oxygen atoms in total. The number of hydrogen-bond donors (Lipinski definition) is 4. The Labute approximate surface area is 342 Å². The summed E-state index contributed by atoms with van der Waals surface area (Å²) >= 11 is 0. The Bertz CT molecular complexity index is 2290. The second-order valence-electron chi connectivity index (χ2n) is 15.5. The third-order valence-corrected chi connectivity index (χ3v) is 11.3. The molecular weight excluding hydrogens is 753 g/mol. The Morgan fingerprint density at radius 2 is 1.32 bits per heavy atom. The summed E-state index contributed by atoms with van der Waals surface area (Å²) in [4.78, 5) is 80.7. The molecule has 0 aliphatic carbocycles. The van der Waals surface area contributed by atoms with Gasteiger partial charge >= 0.3 is 12.2 Å². The molecule has 0 radical (unpaired) electrons. The minimum Gasteiger partial charge on any atom is -0.453 e. The minimum absolute atomic E-state index is 0.113. The van der Waals surface area contributed by atoms with Crippen LogP contribution in [0.3, 0.4) is 0 Å². The molecule has 7 rings (SSSR count). The average molecular weight is 805 g/mol. The van der Waals surface area contributed by atoms with Gasteiger partial charge in [-0.1, -0.05) is 63.9 Å². The summed E-state index contributed by atoms with van der Waals surface area (Å²) in [5.74, 6) is 1.02. The van der Waals surface area contributed by atoms with Gasteiger partial charge in [-0.2, -0.15) is 0 Å². The highest BCUT2D eigenvalue weighted by atomic mass is 16.5. The predicted molar refractivity (Wildman–Crippen MR) is 221 cm³/mol. The lowest BCUT2D eigenvalue weighted by Gasteiger charge is -2.30. The van der Waals surface area contributed by atoms with E-state index in [1.165, 1.54) is 14.2 Å². The summed E-state index contributed by atoms with van der Waals surface area (Å²) in [7, 11) is 2.58. The van der Waals surface area contributed by atoms with Crippen molar-refractivity contribution >= 4 is 35.0 Å². The molecule has 2 aliphatic rings. The fourth-order valence-electron chi connectivity index (χ4n) is 8.02. The van der Waals surface area contributed by atoms with Crippen molar-refractivity contribution in [2.75, 3.05) is 27.3 Å². The number of fused-ring (bicyclic) bond motifs is 1. The van der Waals surface area contributed by atoms with Crippen LogP contribution in [-0.2, 0) is 19.1 Å². The number of likely N-dealkylation sites (tertiary alicyclic amines) is 2. The normalized spacial score (nSPS) is 17.6. The van der Waals surface area contributed by atoms with Crippen LogP contribution in [0.4, 0.5) is 9.59 Å². The van der Waals surface area contributed by atoms with Crippen LogP contribution in [0.25, 0.3) is 44.8 Å². The monoisotopic (exact) mass is 804 g/mol. The first-order valence-electron chi connectivity index (χ1n) is 20.4. The van der Waals surface area contributed by atoms with E-state index in [4.69, 9.17) is 19.4 Å². The second-order valence-corrected chi connectivity index (χ2v) is 15.5. The molecule has 310 valence electrons. The molecule has 2 aromatic carbocycles. The Kier molecular flexibility index (Phi) is 12.5. The maximum Gasteiger partial charge on any atom is 0.407 e. The van der Waals surface area contributed by atoms with Gasteiger partial charge in [0, 0.05) is 24.2 Å². The summed E-state index contributed by atoms with van der Waals surface area (Å²) in [6.07, 6.45) is 9.56. The highest BCUT2D eigenvalue weighted by Gasteiger charge is 2.38. The molecule has 2 saturated heterocycles. The van der Waals surface area contributed by atoms with Crippen LogP contribution in [0.15, 0.2) is 61.1 Å². The van der Waals surface area contributed by atoms with Crippen LogP contribution in [0.5, 0.6) is 0 Å². The van der Waals surface area contributed by atoms with Gasteiger partial charge in [-0.3, -0.25) is 14.6 Å². The molecule has 5 aromatic rings. The first kappa shape index (κ1) is 40.9. The van der Waals surface area contributed by atoms with Crippen molar-refractivity contribution < 1.29 is 28.7 Å². The average Bonchev–Trinajstić information content (AvgIpc) is 4.10. The third-order valence-electron chi connectivity index (χ3n) is 11.3. The van der Waals surface area contributed by atoms with E-state index >= 15 is 0 Å². The fraction of sp³-hybridized carbons (Fsp3) is 0.442. The number of rotatable bonds is 13. The standard InChI is InChI=1S/C43H52N10O6/c1-6-7-10-30(50-42(56)58-4)40(54)52-19-8-11-35(52)38-46-24-34(49-38)28-17-18-29-31(21-28)44-22-32(47-29)26-13-15-27(16-14-26)33-23-45-39(48-33)36-12-9-20-53(36)41(55)37(25(2)3)51-43(57)59-5/h13-18,21-25,30,35-37H,6-12,19-20H2,1-5H3,(H,45,48)(H,46,49)(H,50,56)(H,51,57)/t30-,35+,36+,37+/m1/s1. The first-order valence-corrected chi connectivity index (χ1v) is 20.4. The van der Waals surface area contributed by atoms with Gasteiger partial charge < -0.3 is 39.9 Å². The highest BCUT2D eigenvalue weighted by Crippen LogP contribution is 2.35. The molecule has 4 atom stereocenters. The lowest BCUT2D eigenvalue weighted by atomic mass is 10.0. The van der Waals surface area contributed by atoms with Crippen molar-refractivity contribution in [3.05, 3.63) is 72.7 Å². The lowest BCUT2D eigenvalue weighted by molar-refractivity contribution is -0.135. The van der Waals surface area contributed by atoms with Crippen molar-refractivity contribution in [3.63, 3.8) is 0 Å². The van der Waals surface area contributed by atoms with Crippen LogP contribution < -0.4 is 10.6 Å². The molecule has 16 heteroatoms. The SMILES string of the molecule is CCCC[C@@H](NC(=O)OC)C(=O)N1CCC[C@H]1c1ncc(-c2ccc3nc(-c4ccc(-c5cnc([C@@H]6CCCN6C(=O)[C@@H](NC(=O)OC)C(C)C)[nH]5)cc4)cnc3c2)[nH]1. The van der Waals surface area contributed by atoms with Crippen molar-refractivity contribution in [3.8, 4) is 33.8 Å². The summed E-state index contributed by atoms with van der Waals surface area (Å²) in [6.45, 7) is 7.02. The van der Waals surface area contributed by atoms with Gasteiger partial charge in [0.25, 0.3) is 0 Å². The van der Waals surface area contributed by atoms with E-state index in [0.29, 0.717) is 31.2 Å².